The zero-order chi connectivity index (χ0) is 14.3. The molecule has 4 nitrogen and oxygen atoms in total. The second-order valence-corrected chi connectivity index (χ2v) is 4.77. The highest BCUT2D eigenvalue weighted by atomic mass is 19.1. The number of para-hydroxylation sites is 1. The van der Waals surface area contributed by atoms with E-state index in [2.05, 4.69) is 10.6 Å². The summed E-state index contributed by atoms with van der Waals surface area (Å²) in [7, 11) is 0. The first kappa shape index (κ1) is 15.6. The molecule has 0 saturated carbocycles. The first-order chi connectivity index (χ1) is 9.04. The van der Waals surface area contributed by atoms with Crippen LogP contribution >= 0.6 is 0 Å². The third kappa shape index (κ3) is 5.36. The molecule has 1 amide bonds. The quantitative estimate of drug-likeness (QED) is 0.706. The molecule has 0 bridgehead atoms. The standard InChI is InChI=1S/C14H21FN2O2/c1-10(2)12(7-8-18)16-9-14(19)17-13-6-4-3-5-11(13)15/h3-6,10,12,16,18H,7-9H2,1-2H3,(H,17,19). The smallest absolute Gasteiger partial charge is 0.238 e. The molecule has 0 aliphatic heterocycles. The largest absolute Gasteiger partial charge is 0.396 e. The van der Waals surface area contributed by atoms with Gasteiger partial charge in [0.15, 0.2) is 0 Å². The third-order valence-electron chi connectivity index (χ3n) is 2.92. The third-order valence-corrected chi connectivity index (χ3v) is 2.92. The maximum Gasteiger partial charge on any atom is 0.238 e. The van der Waals surface area contributed by atoms with Gasteiger partial charge in [-0.1, -0.05) is 26.0 Å². The summed E-state index contributed by atoms with van der Waals surface area (Å²) in [5.41, 5.74) is 0.178. The van der Waals surface area contributed by atoms with Gasteiger partial charge in [0.25, 0.3) is 0 Å². The molecule has 19 heavy (non-hydrogen) atoms. The molecule has 0 aromatic heterocycles. The predicted octanol–water partition coefficient (Wildman–Crippen LogP) is 1.76. The molecule has 0 heterocycles. The summed E-state index contributed by atoms with van der Waals surface area (Å²) in [6, 6.07) is 6.11. The van der Waals surface area contributed by atoms with Crippen LogP contribution in [0.4, 0.5) is 10.1 Å². The maximum absolute atomic E-state index is 13.3. The lowest BCUT2D eigenvalue weighted by molar-refractivity contribution is -0.115. The fourth-order valence-corrected chi connectivity index (χ4v) is 1.79. The second-order valence-electron chi connectivity index (χ2n) is 4.77. The van der Waals surface area contributed by atoms with Gasteiger partial charge < -0.3 is 15.7 Å². The molecule has 1 atom stereocenters. The first-order valence-electron chi connectivity index (χ1n) is 6.43. The highest BCUT2D eigenvalue weighted by Crippen LogP contribution is 2.12. The summed E-state index contributed by atoms with van der Waals surface area (Å²) in [6.45, 7) is 4.20. The topological polar surface area (TPSA) is 61.4 Å². The normalized spacial score (nSPS) is 12.5. The fraction of sp³-hybridized carbons (Fsp3) is 0.500. The Labute approximate surface area is 113 Å². The van der Waals surface area contributed by atoms with Crippen molar-refractivity contribution in [2.75, 3.05) is 18.5 Å². The first-order valence-corrected chi connectivity index (χ1v) is 6.43. The van der Waals surface area contributed by atoms with E-state index in [1.54, 1.807) is 12.1 Å². The van der Waals surface area contributed by atoms with Gasteiger partial charge in [0, 0.05) is 12.6 Å². The molecule has 0 radical (unpaired) electrons. The van der Waals surface area contributed by atoms with Gasteiger partial charge in [-0.05, 0) is 24.5 Å². The summed E-state index contributed by atoms with van der Waals surface area (Å²) >= 11 is 0. The van der Waals surface area contributed by atoms with Crippen LogP contribution in [0.5, 0.6) is 0 Å². The Morgan fingerprint density at radius 2 is 2.05 bits per heavy atom. The Balaban J connectivity index is 2.45. The Bertz CT molecular complexity index is 410. The lowest BCUT2D eigenvalue weighted by atomic mass is 10.0. The number of nitrogens with one attached hydrogen (secondary N) is 2. The van der Waals surface area contributed by atoms with Crippen molar-refractivity contribution in [3.8, 4) is 0 Å². The van der Waals surface area contributed by atoms with Gasteiger partial charge in [-0.15, -0.1) is 0 Å². The summed E-state index contributed by atoms with van der Waals surface area (Å²) < 4.78 is 13.3. The van der Waals surface area contributed by atoms with Gasteiger partial charge in [-0.3, -0.25) is 4.79 Å². The lowest BCUT2D eigenvalue weighted by Crippen LogP contribution is -2.39. The highest BCUT2D eigenvalue weighted by Gasteiger charge is 2.14. The fourth-order valence-electron chi connectivity index (χ4n) is 1.79. The maximum atomic E-state index is 13.3. The molecule has 106 valence electrons. The van der Waals surface area contributed by atoms with Crippen LogP contribution in [0.2, 0.25) is 0 Å². The minimum Gasteiger partial charge on any atom is -0.396 e. The molecule has 1 aromatic rings. The van der Waals surface area contributed by atoms with E-state index < -0.39 is 5.82 Å². The molecule has 1 unspecified atom stereocenters. The highest BCUT2D eigenvalue weighted by molar-refractivity contribution is 5.92. The number of benzene rings is 1. The number of halogens is 1. The van der Waals surface area contributed by atoms with E-state index in [-0.39, 0.29) is 30.8 Å². The molecule has 0 aliphatic rings. The number of aliphatic hydroxyl groups is 1. The molecule has 5 heteroatoms. The molecular weight excluding hydrogens is 247 g/mol. The summed E-state index contributed by atoms with van der Waals surface area (Å²) in [4.78, 5) is 11.7. The van der Waals surface area contributed by atoms with E-state index in [0.717, 1.165) is 0 Å². The van der Waals surface area contributed by atoms with Gasteiger partial charge in [0.05, 0.1) is 12.2 Å². The molecule has 0 fully saturated rings. The number of anilines is 1. The van der Waals surface area contributed by atoms with Crippen molar-refractivity contribution < 1.29 is 14.3 Å². The summed E-state index contributed by atoms with van der Waals surface area (Å²) in [5.74, 6) is -0.436. The zero-order valence-corrected chi connectivity index (χ0v) is 11.3. The van der Waals surface area contributed by atoms with Crippen molar-refractivity contribution >= 4 is 11.6 Å². The predicted molar refractivity (Wildman–Crippen MR) is 73.4 cm³/mol. The van der Waals surface area contributed by atoms with Crippen molar-refractivity contribution in [2.24, 2.45) is 5.92 Å². The molecule has 0 aliphatic carbocycles. The van der Waals surface area contributed by atoms with Gasteiger partial charge >= 0.3 is 0 Å². The van der Waals surface area contributed by atoms with E-state index in [0.29, 0.717) is 12.3 Å². The van der Waals surface area contributed by atoms with E-state index in [1.807, 2.05) is 13.8 Å². The summed E-state index contributed by atoms with van der Waals surface area (Å²) in [5, 5.41) is 14.5. The number of carbonyl (C=O) groups excluding carboxylic acids is 1. The van der Waals surface area contributed by atoms with E-state index in [9.17, 15) is 9.18 Å². The molecule has 0 saturated heterocycles. The SMILES string of the molecule is CC(C)C(CCO)NCC(=O)Nc1ccccc1F. The average Bonchev–Trinajstić information content (AvgIpc) is 2.37. The van der Waals surface area contributed by atoms with Crippen LogP contribution in [-0.2, 0) is 4.79 Å². The second kappa shape index (κ2) is 7.86. The van der Waals surface area contributed by atoms with Crippen molar-refractivity contribution in [2.45, 2.75) is 26.3 Å². The Morgan fingerprint density at radius 1 is 1.37 bits per heavy atom. The molecular formula is C14H21FN2O2. The number of hydrogen-bond acceptors (Lipinski definition) is 3. The van der Waals surface area contributed by atoms with Crippen LogP contribution in [-0.4, -0.2) is 30.2 Å². The lowest BCUT2D eigenvalue weighted by Gasteiger charge is -2.21. The average molecular weight is 268 g/mol. The van der Waals surface area contributed by atoms with Crippen LogP contribution < -0.4 is 10.6 Å². The van der Waals surface area contributed by atoms with E-state index in [1.165, 1.54) is 12.1 Å². The van der Waals surface area contributed by atoms with Crippen molar-refractivity contribution in [3.63, 3.8) is 0 Å². The minimum atomic E-state index is -0.452. The van der Waals surface area contributed by atoms with Crippen LogP contribution in [0, 0.1) is 11.7 Å². The number of amides is 1. The van der Waals surface area contributed by atoms with Crippen LogP contribution in [0.15, 0.2) is 24.3 Å². The van der Waals surface area contributed by atoms with Crippen molar-refractivity contribution in [1.29, 1.82) is 0 Å². The van der Waals surface area contributed by atoms with Crippen LogP contribution in [0.3, 0.4) is 0 Å². The summed E-state index contributed by atoms with van der Waals surface area (Å²) in [6.07, 6.45) is 0.588. The monoisotopic (exact) mass is 268 g/mol. The van der Waals surface area contributed by atoms with Crippen LogP contribution in [0.25, 0.3) is 0 Å². The number of carbonyl (C=O) groups is 1. The Morgan fingerprint density at radius 3 is 2.63 bits per heavy atom. The Kier molecular flexibility index (Phi) is 6.45. The number of hydrogen-bond donors (Lipinski definition) is 3. The zero-order valence-electron chi connectivity index (χ0n) is 11.3. The van der Waals surface area contributed by atoms with E-state index in [4.69, 9.17) is 5.11 Å². The Hall–Kier alpha value is -1.46. The molecule has 1 aromatic carbocycles. The van der Waals surface area contributed by atoms with Gasteiger partial charge in [-0.25, -0.2) is 4.39 Å². The minimum absolute atomic E-state index is 0.0661. The van der Waals surface area contributed by atoms with E-state index >= 15 is 0 Å². The molecule has 0 spiro atoms. The molecule has 1 rings (SSSR count). The molecule has 3 N–H and O–H groups in total. The van der Waals surface area contributed by atoms with Crippen molar-refractivity contribution in [1.82, 2.24) is 5.32 Å². The van der Waals surface area contributed by atoms with Gasteiger partial charge in [-0.2, -0.15) is 0 Å². The van der Waals surface area contributed by atoms with Gasteiger partial charge in [0.2, 0.25) is 5.91 Å². The van der Waals surface area contributed by atoms with Gasteiger partial charge in [0.1, 0.15) is 5.82 Å². The number of aliphatic hydroxyl groups excluding tert-OH is 1. The number of rotatable bonds is 7. The van der Waals surface area contributed by atoms with Crippen LogP contribution in [0.1, 0.15) is 20.3 Å². The van der Waals surface area contributed by atoms with Crippen molar-refractivity contribution in [3.05, 3.63) is 30.1 Å².